The zero-order chi connectivity index (χ0) is 17.5. The van der Waals surface area contributed by atoms with Gasteiger partial charge in [0.15, 0.2) is 0 Å². The number of ether oxygens (including phenoxy) is 2. The van der Waals surface area contributed by atoms with Gasteiger partial charge in [0.1, 0.15) is 11.5 Å². The van der Waals surface area contributed by atoms with Crippen molar-refractivity contribution in [2.75, 3.05) is 32.5 Å². The summed E-state index contributed by atoms with van der Waals surface area (Å²) in [6.07, 6.45) is 1.10. The highest BCUT2D eigenvalue weighted by Gasteiger charge is 2.37. The van der Waals surface area contributed by atoms with Gasteiger partial charge in [0.25, 0.3) is 0 Å². The molecule has 1 aliphatic rings. The minimum absolute atomic E-state index is 0.250. The Balaban J connectivity index is 2.30. The van der Waals surface area contributed by atoms with E-state index in [0.717, 1.165) is 23.3 Å². The molecule has 0 radical (unpaired) electrons. The quantitative estimate of drug-likeness (QED) is 0.755. The first-order valence-corrected chi connectivity index (χ1v) is 9.74. The highest BCUT2D eigenvalue weighted by molar-refractivity contribution is 7.68. The normalized spacial score (nSPS) is 16.9. The van der Waals surface area contributed by atoms with Crippen LogP contribution >= 0.6 is 7.92 Å². The lowest BCUT2D eigenvalue weighted by molar-refractivity contribution is 0.397. The van der Waals surface area contributed by atoms with Gasteiger partial charge in [0.05, 0.1) is 19.8 Å². The van der Waals surface area contributed by atoms with Crippen molar-refractivity contribution in [3.05, 3.63) is 36.4 Å². The summed E-state index contributed by atoms with van der Waals surface area (Å²) < 4.78 is 11.3. The third kappa shape index (κ3) is 2.75. The first kappa shape index (κ1) is 17.1. The van der Waals surface area contributed by atoms with Gasteiger partial charge in [-0.25, -0.2) is 0 Å². The number of hydrogen-bond acceptors (Lipinski definition) is 3. The average Bonchev–Trinajstić information content (AvgIpc) is 2.91. The Bertz CT molecular complexity index is 730. The van der Waals surface area contributed by atoms with Crippen LogP contribution in [-0.2, 0) is 0 Å². The van der Waals surface area contributed by atoms with E-state index >= 15 is 0 Å². The van der Waals surface area contributed by atoms with Crippen molar-refractivity contribution in [2.24, 2.45) is 0 Å². The van der Waals surface area contributed by atoms with Crippen LogP contribution < -0.4 is 19.7 Å². The molecule has 4 heteroatoms. The Kier molecular flexibility index (Phi) is 4.48. The van der Waals surface area contributed by atoms with Crippen LogP contribution in [0.5, 0.6) is 11.5 Å². The smallest absolute Gasteiger partial charge is 0.130 e. The predicted molar refractivity (Wildman–Crippen MR) is 105 cm³/mol. The summed E-state index contributed by atoms with van der Waals surface area (Å²) in [4.78, 5) is 2.39. The molecular weight excluding hydrogens is 317 g/mol. The van der Waals surface area contributed by atoms with Crippen LogP contribution in [0.4, 0.5) is 5.69 Å². The molecule has 2 aromatic rings. The van der Waals surface area contributed by atoms with Gasteiger partial charge in [0.2, 0.25) is 0 Å². The second-order valence-electron chi connectivity index (χ2n) is 7.15. The number of methoxy groups -OCH3 is 2. The molecule has 0 N–H and O–H groups in total. The average molecular weight is 343 g/mol. The fourth-order valence-corrected chi connectivity index (χ4v) is 6.16. The lowest BCUT2D eigenvalue weighted by Gasteiger charge is -2.29. The summed E-state index contributed by atoms with van der Waals surface area (Å²) in [5.74, 6) is 1.72. The van der Waals surface area contributed by atoms with Crippen molar-refractivity contribution in [1.29, 1.82) is 0 Å². The van der Waals surface area contributed by atoms with E-state index in [-0.39, 0.29) is 13.1 Å². The van der Waals surface area contributed by atoms with Crippen molar-refractivity contribution < 1.29 is 9.47 Å². The summed E-state index contributed by atoms with van der Waals surface area (Å²) in [6.45, 7) is 7.04. The fourth-order valence-electron chi connectivity index (χ4n) is 3.35. The van der Waals surface area contributed by atoms with Gasteiger partial charge >= 0.3 is 0 Å². The van der Waals surface area contributed by atoms with Crippen molar-refractivity contribution in [1.82, 2.24) is 0 Å². The summed E-state index contributed by atoms with van der Waals surface area (Å²) in [5, 5.41) is 1.71. The second kappa shape index (κ2) is 6.29. The van der Waals surface area contributed by atoms with Crippen LogP contribution in [0.2, 0.25) is 0 Å². The van der Waals surface area contributed by atoms with E-state index in [1.165, 1.54) is 16.6 Å². The first-order chi connectivity index (χ1) is 11.4. The molecule has 0 aromatic heterocycles. The Hall–Kier alpha value is -1.73. The maximum absolute atomic E-state index is 5.66. The van der Waals surface area contributed by atoms with Crippen LogP contribution in [-0.4, -0.2) is 32.7 Å². The number of fused-ring (bicyclic) bond motifs is 1. The molecule has 0 aliphatic carbocycles. The molecule has 0 saturated carbocycles. The minimum Gasteiger partial charge on any atom is -0.496 e. The van der Waals surface area contributed by atoms with Gasteiger partial charge in [0, 0.05) is 24.3 Å². The summed E-state index contributed by atoms with van der Waals surface area (Å²) in [6, 6.07) is 12.6. The zero-order valence-corrected chi connectivity index (χ0v) is 16.3. The van der Waals surface area contributed by atoms with E-state index < -0.39 is 0 Å². The van der Waals surface area contributed by atoms with Gasteiger partial charge in [-0.2, -0.15) is 0 Å². The van der Waals surface area contributed by atoms with E-state index in [2.05, 4.69) is 50.9 Å². The van der Waals surface area contributed by atoms with E-state index in [1.807, 2.05) is 18.2 Å². The Morgan fingerprint density at radius 3 is 2.08 bits per heavy atom. The molecule has 0 fully saturated rings. The molecule has 2 aromatic carbocycles. The highest BCUT2D eigenvalue weighted by Crippen LogP contribution is 2.57. The Morgan fingerprint density at radius 2 is 1.54 bits per heavy atom. The van der Waals surface area contributed by atoms with Crippen LogP contribution in [0.3, 0.4) is 0 Å². The van der Waals surface area contributed by atoms with E-state index in [9.17, 15) is 0 Å². The predicted octanol–water partition coefficient (Wildman–Crippen LogP) is 4.68. The molecule has 1 atom stereocenters. The van der Waals surface area contributed by atoms with E-state index in [1.54, 1.807) is 14.2 Å². The first-order valence-electron chi connectivity index (χ1n) is 8.21. The van der Waals surface area contributed by atoms with E-state index in [0.29, 0.717) is 0 Å². The maximum atomic E-state index is 5.66. The fraction of sp³-hybridized carbons (Fsp3) is 0.400. The number of nitrogens with zero attached hydrogens (tertiary/aromatic N) is 1. The molecule has 1 unspecified atom stereocenters. The van der Waals surface area contributed by atoms with Gasteiger partial charge in [-0.05, 0) is 36.8 Å². The molecule has 1 heterocycles. The van der Waals surface area contributed by atoms with Crippen molar-refractivity contribution in [2.45, 2.75) is 25.9 Å². The molecule has 128 valence electrons. The standard InChI is InChI=1S/C20H26NO2P/c1-20(2,3)24-13-21(4)15-10-7-9-14(19(15)24)18-16(22-5)11-8-12-17(18)23-6/h7-12H,13H2,1-6H3. The van der Waals surface area contributed by atoms with Gasteiger partial charge in [-0.1, -0.05) is 39.0 Å². The third-order valence-corrected chi connectivity index (χ3v) is 7.89. The molecule has 3 nitrogen and oxygen atoms in total. The highest BCUT2D eigenvalue weighted by atomic mass is 31.1. The molecular formula is C20H26NO2P. The van der Waals surface area contributed by atoms with Crippen molar-refractivity contribution in [3.63, 3.8) is 0 Å². The van der Waals surface area contributed by atoms with Crippen LogP contribution in [0.15, 0.2) is 36.4 Å². The van der Waals surface area contributed by atoms with Crippen LogP contribution in [0, 0.1) is 0 Å². The van der Waals surface area contributed by atoms with Crippen molar-refractivity contribution in [3.8, 4) is 22.6 Å². The third-order valence-electron chi connectivity index (χ3n) is 4.56. The van der Waals surface area contributed by atoms with Gasteiger partial charge < -0.3 is 14.4 Å². The minimum atomic E-state index is -0.306. The number of anilines is 1. The number of rotatable bonds is 3. The summed E-state index contributed by atoms with van der Waals surface area (Å²) >= 11 is 0. The van der Waals surface area contributed by atoms with Gasteiger partial charge in [-0.15, -0.1) is 0 Å². The number of hydrogen-bond donors (Lipinski definition) is 0. The number of benzene rings is 2. The lowest BCUT2D eigenvalue weighted by atomic mass is 10.0. The molecule has 0 spiro atoms. The molecule has 1 aliphatic heterocycles. The summed E-state index contributed by atoms with van der Waals surface area (Å²) in [7, 11) is 5.33. The summed E-state index contributed by atoms with van der Waals surface area (Å²) in [5.41, 5.74) is 3.64. The zero-order valence-electron chi connectivity index (χ0n) is 15.4. The topological polar surface area (TPSA) is 21.7 Å². The lowest BCUT2D eigenvalue weighted by Crippen LogP contribution is -2.20. The largest absolute Gasteiger partial charge is 0.496 e. The Labute approximate surface area is 146 Å². The molecule has 0 bridgehead atoms. The van der Waals surface area contributed by atoms with Crippen molar-refractivity contribution >= 4 is 18.9 Å². The van der Waals surface area contributed by atoms with Gasteiger partial charge in [-0.3, -0.25) is 0 Å². The molecule has 3 rings (SSSR count). The maximum Gasteiger partial charge on any atom is 0.130 e. The monoisotopic (exact) mass is 343 g/mol. The second-order valence-corrected chi connectivity index (χ2v) is 10.1. The SMILES string of the molecule is COc1cccc(OC)c1-c1cccc2c1P(C(C)(C)C)CN2C. The van der Waals surface area contributed by atoms with Crippen LogP contribution in [0.1, 0.15) is 20.8 Å². The molecule has 0 amide bonds. The molecule has 24 heavy (non-hydrogen) atoms. The molecule has 0 saturated heterocycles. The van der Waals surface area contributed by atoms with E-state index in [4.69, 9.17) is 9.47 Å². The Morgan fingerprint density at radius 1 is 0.958 bits per heavy atom. The van der Waals surface area contributed by atoms with Crippen LogP contribution in [0.25, 0.3) is 11.1 Å².